The summed E-state index contributed by atoms with van der Waals surface area (Å²) in [6.45, 7) is 3.21. The van der Waals surface area contributed by atoms with Gasteiger partial charge in [0, 0.05) is 19.3 Å². The van der Waals surface area contributed by atoms with Crippen molar-refractivity contribution in [1.29, 1.82) is 0 Å². The average molecular weight is 271 g/mol. The van der Waals surface area contributed by atoms with Crippen molar-refractivity contribution in [3.8, 4) is 0 Å². The number of hydrogen-bond acceptors (Lipinski definition) is 4. The molecule has 5 heteroatoms. The van der Waals surface area contributed by atoms with E-state index in [2.05, 4.69) is 34.3 Å². The van der Waals surface area contributed by atoms with Gasteiger partial charge < -0.3 is 10.4 Å². The summed E-state index contributed by atoms with van der Waals surface area (Å²) in [5, 5.41) is 12.3. The number of nitrogens with zero attached hydrogens (tertiary/aromatic N) is 2. The Balaban J connectivity index is 2.01. The summed E-state index contributed by atoms with van der Waals surface area (Å²) in [7, 11) is 0. The molecule has 0 amide bonds. The third-order valence-electron chi connectivity index (χ3n) is 3.13. The van der Waals surface area contributed by atoms with Crippen LogP contribution in [0, 0.1) is 0 Å². The zero-order valence-corrected chi connectivity index (χ0v) is 11.3. The standard InChI is InChI=1S/C15H17N3O2/c1-2-11-5-3-4-6-12(11)7-16-9-14-13(15(19)20)8-17-10-18-14/h3-6,8,10,16H,2,7,9H2,1H3,(H,19,20). The van der Waals surface area contributed by atoms with Gasteiger partial charge >= 0.3 is 5.97 Å². The fourth-order valence-electron chi connectivity index (χ4n) is 2.06. The second kappa shape index (κ2) is 6.77. The molecule has 0 unspecified atom stereocenters. The Morgan fingerprint density at radius 1 is 1.25 bits per heavy atom. The number of carbonyl (C=O) groups is 1. The van der Waals surface area contributed by atoms with Crippen LogP contribution < -0.4 is 5.32 Å². The van der Waals surface area contributed by atoms with Crippen LogP contribution in [-0.4, -0.2) is 21.0 Å². The molecule has 0 spiro atoms. The minimum atomic E-state index is -1.00. The molecule has 1 aromatic carbocycles. The van der Waals surface area contributed by atoms with Crippen LogP contribution in [0.5, 0.6) is 0 Å². The Labute approximate surface area is 117 Å². The summed E-state index contributed by atoms with van der Waals surface area (Å²) in [5.41, 5.74) is 3.16. The lowest BCUT2D eigenvalue weighted by atomic mass is 10.1. The summed E-state index contributed by atoms with van der Waals surface area (Å²) in [6, 6.07) is 8.20. The number of aryl methyl sites for hydroxylation is 1. The Bertz CT molecular complexity index is 599. The van der Waals surface area contributed by atoms with E-state index in [0.29, 0.717) is 18.8 Å². The van der Waals surface area contributed by atoms with Crippen molar-refractivity contribution in [2.45, 2.75) is 26.4 Å². The van der Waals surface area contributed by atoms with Crippen molar-refractivity contribution in [1.82, 2.24) is 15.3 Å². The van der Waals surface area contributed by atoms with E-state index in [1.54, 1.807) is 0 Å². The van der Waals surface area contributed by atoms with Gasteiger partial charge in [-0.15, -0.1) is 0 Å². The van der Waals surface area contributed by atoms with E-state index in [0.717, 1.165) is 6.42 Å². The van der Waals surface area contributed by atoms with Crippen LogP contribution in [0.3, 0.4) is 0 Å². The number of benzene rings is 1. The summed E-state index contributed by atoms with van der Waals surface area (Å²) in [5.74, 6) is -1.00. The summed E-state index contributed by atoms with van der Waals surface area (Å²) < 4.78 is 0. The molecule has 5 nitrogen and oxygen atoms in total. The third-order valence-corrected chi connectivity index (χ3v) is 3.13. The number of hydrogen-bond donors (Lipinski definition) is 2. The fraction of sp³-hybridized carbons (Fsp3) is 0.267. The summed E-state index contributed by atoms with van der Waals surface area (Å²) in [6.07, 6.45) is 3.67. The monoisotopic (exact) mass is 271 g/mol. The number of carboxylic acid groups (broad SMARTS) is 1. The number of rotatable bonds is 6. The van der Waals surface area contributed by atoms with Crippen molar-refractivity contribution in [2.24, 2.45) is 0 Å². The third kappa shape index (κ3) is 3.39. The Hall–Kier alpha value is -2.27. The molecule has 2 rings (SSSR count). The molecule has 20 heavy (non-hydrogen) atoms. The molecule has 0 fully saturated rings. The van der Waals surface area contributed by atoms with Crippen molar-refractivity contribution >= 4 is 5.97 Å². The normalized spacial score (nSPS) is 10.4. The average Bonchev–Trinajstić information content (AvgIpc) is 2.48. The Morgan fingerprint density at radius 2 is 2.00 bits per heavy atom. The maximum atomic E-state index is 11.0. The maximum absolute atomic E-state index is 11.0. The van der Waals surface area contributed by atoms with E-state index in [9.17, 15) is 4.79 Å². The SMILES string of the molecule is CCc1ccccc1CNCc1ncncc1C(=O)O. The van der Waals surface area contributed by atoms with Gasteiger partial charge in [-0.2, -0.15) is 0 Å². The molecule has 0 saturated heterocycles. The van der Waals surface area contributed by atoms with E-state index in [-0.39, 0.29) is 5.56 Å². The number of nitrogens with one attached hydrogen (secondary N) is 1. The highest BCUT2D eigenvalue weighted by atomic mass is 16.4. The Kier molecular flexibility index (Phi) is 4.79. The zero-order chi connectivity index (χ0) is 14.4. The molecular weight excluding hydrogens is 254 g/mol. The largest absolute Gasteiger partial charge is 0.478 e. The van der Waals surface area contributed by atoms with E-state index in [1.165, 1.54) is 23.7 Å². The van der Waals surface area contributed by atoms with Crippen LogP contribution in [0.4, 0.5) is 0 Å². The zero-order valence-electron chi connectivity index (χ0n) is 11.3. The topological polar surface area (TPSA) is 75.1 Å². The second-order valence-corrected chi connectivity index (χ2v) is 4.41. The first-order valence-corrected chi connectivity index (χ1v) is 6.52. The van der Waals surface area contributed by atoms with Gasteiger partial charge in [0.25, 0.3) is 0 Å². The molecule has 0 atom stereocenters. The molecule has 0 saturated carbocycles. The first-order valence-electron chi connectivity index (χ1n) is 6.52. The van der Waals surface area contributed by atoms with Gasteiger partial charge in [-0.25, -0.2) is 14.8 Å². The minimum absolute atomic E-state index is 0.142. The highest BCUT2D eigenvalue weighted by molar-refractivity contribution is 5.88. The molecule has 2 aromatic rings. The van der Waals surface area contributed by atoms with Crippen LogP contribution in [0.1, 0.15) is 34.1 Å². The van der Waals surface area contributed by atoms with Crippen LogP contribution >= 0.6 is 0 Å². The molecule has 1 heterocycles. The smallest absolute Gasteiger partial charge is 0.339 e. The second-order valence-electron chi connectivity index (χ2n) is 4.41. The number of aromatic nitrogens is 2. The lowest BCUT2D eigenvalue weighted by molar-refractivity contribution is 0.0694. The quantitative estimate of drug-likeness (QED) is 0.840. The van der Waals surface area contributed by atoms with Gasteiger partial charge in [-0.05, 0) is 17.5 Å². The predicted molar refractivity (Wildman–Crippen MR) is 75.4 cm³/mol. The molecule has 1 aromatic heterocycles. The van der Waals surface area contributed by atoms with E-state index < -0.39 is 5.97 Å². The minimum Gasteiger partial charge on any atom is -0.478 e. The molecule has 0 radical (unpaired) electrons. The molecule has 0 aliphatic carbocycles. The summed E-state index contributed by atoms with van der Waals surface area (Å²) in [4.78, 5) is 18.8. The predicted octanol–water partition coefficient (Wildman–Crippen LogP) is 2.03. The first kappa shape index (κ1) is 14.1. The van der Waals surface area contributed by atoms with Gasteiger partial charge in [0.1, 0.15) is 11.9 Å². The molecule has 2 N–H and O–H groups in total. The van der Waals surface area contributed by atoms with Crippen LogP contribution in [-0.2, 0) is 19.5 Å². The molecule has 0 aliphatic rings. The highest BCUT2D eigenvalue weighted by Gasteiger charge is 2.10. The van der Waals surface area contributed by atoms with E-state index >= 15 is 0 Å². The maximum Gasteiger partial charge on any atom is 0.339 e. The van der Waals surface area contributed by atoms with Gasteiger partial charge in [-0.3, -0.25) is 0 Å². The van der Waals surface area contributed by atoms with Gasteiger partial charge in [0.05, 0.1) is 5.69 Å². The Morgan fingerprint density at radius 3 is 2.70 bits per heavy atom. The van der Waals surface area contributed by atoms with E-state index in [4.69, 9.17) is 5.11 Å². The highest BCUT2D eigenvalue weighted by Crippen LogP contribution is 2.10. The van der Waals surface area contributed by atoms with Crippen molar-refractivity contribution < 1.29 is 9.90 Å². The molecule has 0 bridgehead atoms. The van der Waals surface area contributed by atoms with Gasteiger partial charge in [0.15, 0.2) is 0 Å². The molecule has 0 aliphatic heterocycles. The van der Waals surface area contributed by atoms with E-state index in [1.807, 2.05) is 12.1 Å². The number of aromatic carboxylic acids is 1. The number of carboxylic acids is 1. The van der Waals surface area contributed by atoms with Gasteiger partial charge in [0.2, 0.25) is 0 Å². The van der Waals surface area contributed by atoms with Crippen molar-refractivity contribution in [3.05, 3.63) is 59.2 Å². The summed E-state index contributed by atoms with van der Waals surface area (Å²) >= 11 is 0. The van der Waals surface area contributed by atoms with Crippen LogP contribution in [0.15, 0.2) is 36.8 Å². The van der Waals surface area contributed by atoms with Crippen molar-refractivity contribution in [2.75, 3.05) is 0 Å². The van der Waals surface area contributed by atoms with Crippen LogP contribution in [0.25, 0.3) is 0 Å². The lowest BCUT2D eigenvalue weighted by Gasteiger charge is -2.09. The van der Waals surface area contributed by atoms with Gasteiger partial charge in [-0.1, -0.05) is 31.2 Å². The lowest BCUT2D eigenvalue weighted by Crippen LogP contribution is -2.17. The first-order chi connectivity index (χ1) is 9.72. The molecular formula is C15H17N3O2. The fourth-order valence-corrected chi connectivity index (χ4v) is 2.06. The van der Waals surface area contributed by atoms with Crippen molar-refractivity contribution in [3.63, 3.8) is 0 Å². The van der Waals surface area contributed by atoms with Crippen LogP contribution in [0.2, 0.25) is 0 Å². The molecule has 104 valence electrons.